The number of nitrogens with zero attached hydrogens (tertiary/aromatic N) is 1. The van der Waals surface area contributed by atoms with Crippen LogP contribution in [0.1, 0.15) is 4.88 Å². The molecule has 0 aliphatic heterocycles. The van der Waals surface area contributed by atoms with Gasteiger partial charge in [-0.1, -0.05) is 11.8 Å². The van der Waals surface area contributed by atoms with Gasteiger partial charge in [0, 0.05) is 6.54 Å². The molecular formula is C5H7BrN2S2. The number of hydrogen-bond acceptors (Lipinski definition) is 4. The average Bonchev–Trinajstić information content (AvgIpc) is 2.30. The summed E-state index contributed by atoms with van der Waals surface area (Å²) >= 11 is 6.60. The summed E-state index contributed by atoms with van der Waals surface area (Å²) in [4.78, 5) is 5.33. The minimum Gasteiger partial charge on any atom is -0.326 e. The Labute approximate surface area is 76.4 Å². The van der Waals surface area contributed by atoms with Crippen LogP contribution >= 0.6 is 39.0 Å². The van der Waals surface area contributed by atoms with Crippen LogP contribution in [-0.4, -0.2) is 11.2 Å². The Bertz CT molecular complexity index is 223. The van der Waals surface area contributed by atoms with E-state index in [0.29, 0.717) is 6.54 Å². The van der Waals surface area contributed by atoms with Gasteiger partial charge in [-0.05, 0) is 22.2 Å². The first-order valence-corrected chi connectivity index (χ1v) is 5.50. The van der Waals surface area contributed by atoms with Gasteiger partial charge in [-0.3, -0.25) is 0 Å². The SMILES string of the molecule is CSc1nc(Br)c(CN)s1. The predicted octanol–water partition coefficient (Wildman–Crippen LogP) is 2.09. The van der Waals surface area contributed by atoms with Gasteiger partial charge >= 0.3 is 0 Å². The van der Waals surface area contributed by atoms with Crippen LogP contribution in [0, 0.1) is 0 Å². The molecule has 0 fully saturated rings. The molecule has 1 aromatic rings. The molecule has 0 bridgehead atoms. The topological polar surface area (TPSA) is 38.9 Å². The summed E-state index contributed by atoms with van der Waals surface area (Å²) in [5.74, 6) is 0. The molecule has 0 aromatic carbocycles. The molecule has 0 radical (unpaired) electrons. The van der Waals surface area contributed by atoms with E-state index in [1.54, 1.807) is 23.1 Å². The maximum atomic E-state index is 5.45. The van der Waals surface area contributed by atoms with Crippen molar-refractivity contribution in [2.24, 2.45) is 5.73 Å². The lowest BCUT2D eigenvalue weighted by Crippen LogP contribution is -1.92. The zero-order valence-electron chi connectivity index (χ0n) is 5.43. The molecule has 1 rings (SSSR count). The monoisotopic (exact) mass is 238 g/mol. The van der Waals surface area contributed by atoms with Crippen LogP contribution < -0.4 is 5.73 Å². The quantitative estimate of drug-likeness (QED) is 0.803. The molecule has 0 aliphatic rings. The molecular weight excluding hydrogens is 232 g/mol. The maximum absolute atomic E-state index is 5.45. The minimum atomic E-state index is 0.568. The van der Waals surface area contributed by atoms with Crippen molar-refractivity contribution >= 4 is 39.0 Å². The Morgan fingerprint density at radius 3 is 2.80 bits per heavy atom. The molecule has 0 saturated heterocycles. The van der Waals surface area contributed by atoms with Crippen molar-refractivity contribution in [1.29, 1.82) is 0 Å². The van der Waals surface area contributed by atoms with Gasteiger partial charge in [0.1, 0.15) is 4.60 Å². The van der Waals surface area contributed by atoms with Crippen molar-refractivity contribution in [2.75, 3.05) is 6.26 Å². The van der Waals surface area contributed by atoms with Crippen LogP contribution in [0.25, 0.3) is 0 Å². The highest BCUT2D eigenvalue weighted by Crippen LogP contribution is 2.28. The second-order valence-corrected chi connectivity index (χ2v) is 4.49. The van der Waals surface area contributed by atoms with E-state index >= 15 is 0 Å². The van der Waals surface area contributed by atoms with Crippen LogP contribution in [0.15, 0.2) is 8.94 Å². The number of nitrogens with two attached hydrogens (primary N) is 1. The number of thiazole rings is 1. The highest BCUT2D eigenvalue weighted by molar-refractivity contribution is 9.10. The van der Waals surface area contributed by atoms with E-state index in [4.69, 9.17) is 5.73 Å². The normalized spacial score (nSPS) is 10.3. The van der Waals surface area contributed by atoms with E-state index in [1.165, 1.54) is 0 Å². The van der Waals surface area contributed by atoms with E-state index in [0.717, 1.165) is 13.8 Å². The van der Waals surface area contributed by atoms with Crippen LogP contribution in [-0.2, 0) is 6.54 Å². The summed E-state index contributed by atoms with van der Waals surface area (Å²) in [5, 5.41) is 0. The van der Waals surface area contributed by atoms with Crippen molar-refractivity contribution in [3.63, 3.8) is 0 Å². The molecule has 0 unspecified atom stereocenters. The van der Waals surface area contributed by atoms with E-state index in [-0.39, 0.29) is 0 Å². The highest BCUT2D eigenvalue weighted by Gasteiger charge is 2.04. The highest BCUT2D eigenvalue weighted by atomic mass is 79.9. The molecule has 1 aromatic heterocycles. The fourth-order valence-corrected chi connectivity index (χ4v) is 2.72. The van der Waals surface area contributed by atoms with Gasteiger partial charge in [0.15, 0.2) is 4.34 Å². The second-order valence-electron chi connectivity index (χ2n) is 1.60. The van der Waals surface area contributed by atoms with Crippen LogP contribution in [0.5, 0.6) is 0 Å². The fourth-order valence-electron chi connectivity index (χ4n) is 0.526. The molecule has 10 heavy (non-hydrogen) atoms. The van der Waals surface area contributed by atoms with Gasteiger partial charge in [0.05, 0.1) is 4.88 Å². The van der Waals surface area contributed by atoms with Crippen LogP contribution in [0.2, 0.25) is 0 Å². The largest absolute Gasteiger partial charge is 0.326 e. The summed E-state index contributed by atoms with van der Waals surface area (Å²) in [5.41, 5.74) is 5.45. The number of hydrogen-bond donors (Lipinski definition) is 1. The van der Waals surface area contributed by atoms with Gasteiger partial charge in [-0.15, -0.1) is 11.3 Å². The van der Waals surface area contributed by atoms with Crippen LogP contribution in [0.3, 0.4) is 0 Å². The molecule has 0 spiro atoms. The molecule has 0 aliphatic carbocycles. The zero-order valence-corrected chi connectivity index (χ0v) is 8.65. The molecule has 2 nitrogen and oxygen atoms in total. The van der Waals surface area contributed by atoms with Gasteiger partial charge in [0.2, 0.25) is 0 Å². The predicted molar refractivity (Wildman–Crippen MR) is 49.5 cm³/mol. The fraction of sp³-hybridized carbons (Fsp3) is 0.400. The number of halogens is 1. The summed E-state index contributed by atoms with van der Waals surface area (Å²) in [6.45, 7) is 0.568. The van der Waals surface area contributed by atoms with Gasteiger partial charge in [0.25, 0.3) is 0 Å². The number of thioether (sulfide) groups is 1. The first kappa shape index (κ1) is 8.52. The molecule has 5 heteroatoms. The molecule has 56 valence electrons. The van der Waals surface area contributed by atoms with Crippen molar-refractivity contribution in [2.45, 2.75) is 10.9 Å². The Balaban J connectivity index is 2.92. The van der Waals surface area contributed by atoms with Gasteiger partial charge in [-0.2, -0.15) is 0 Å². The number of rotatable bonds is 2. The third kappa shape index (κ3) is 1.72. The molecule has 2 N–H and O–H groups in total. The van der Waals surface area contributed by atoms with Gasteiger partial charge < -0.3 is 5.73 Å². The van der Waals surface area contributed by atoms with E-state index in [9.17, 15) is 0 Å². The maximum Gasteiger partial charge on any atom is 0.151 e. The van der Waals surface area contributed by atoms with E-state index in [2.05, 4.69) is 20.9 Å². The lowest BCUT2D eigenvalue weighted by molar-refractivity contribution is 1.07. The first-order valence-electron chi connectivity index (χ1n) is 2.67. The Morgan fingerprint density at radius 2 is 2.50 bits per heavy atom. The average molecular weight is 239 g/mol. The zero-order chi connectivity index (χ0) is 7.56. The van der Waals surface area contributed by atoms with Crippen molar-refractivity contribution in [3.8, 4) is 0 Å². The van der Waals surface area contributed by atoms with Crippen molar-refractivity contribution < 1.29 is 0 Å². The third-order valence-corrected chi connectivity index (χ3v) is 3.97. The van der Waals surface area contributed by atoms with Gasteiger partial charge in [-0.25, -0.2) is 4.98 Å². The molecule has 1 heterocycles. The van der Waals surface area contributed by atoms with Crippen molar-refractivity contribution in [1.82, 2.24) is 4.98 Å². The standard InChI is InChI=1S/C5H7BrN2S2/c1-9-5-8-4(6)3(2-7)10-5/h2,7H2,1H3. The van der Waals surface area contributed by atoms with E-state index < -0.39 is 0 Å². The summed E-state index contributed by atoms with van der Waals surface area (Å²) in [7, 11) is 0. The lowest BCUT2D eigenvalue weighted by atomic mass is 10.6. The first-order chi connectivity index (χ1) is 4.77. The molecule has 0 saturated carbocycles. The summed E-state index contributed by atoms with van der Waals surface area (Å²) < 4.78 is 1.96. The third-order valence-electron chi connectivity index (χ3n) is 0.990. The number of aromatic nitrogens is 1. The molecule has 0 amide bonds. The Morgan fingerprint density at radius 1 is 1.80 bits per heavy atom. The molecule has 0 atom stereocenters. The van der Waals surface area contributed by atoms with E-state index in [1.807, 2.05) is 6.26 Å². The minimum absolute atomic E-state index is 0.568. The Hall–Kier alpha value is 0.420. The lowest BCUT2D eigenvalue weighted by Gasteiger charge is -1.84. The Kier molecular flexibility index (Phi) is 3.16. The van der Waals surface area contributed by atoms with Crippen molar-refractivity contribution in [3.05, 3.63) is 9.48 Å². The smallest absolute Gasteiger partial charge is 0.151 e. The second kappa shape index (κ2) is 3.71. The summed E-state index contributed by atoms with van der Waals surface area (Å²) in [6, 6.07) is 0. The summed E-state index contributed by atoms with van der Waals surface area (Å²) in [6.07, 6.45) is 2.01. The van der Waals surface area contributed by atoms with Crippen LogP contribution in [0.4, 0.5) is 0 Å².